The van der Waals surface area contributed by atoms with Crippen LogP contribution in [0.1, 0.15) is 33.3 Å². The Bertz CT molecular complexity index is 494. The Morgan fingerprint density at radius 2 is 1.90 bits per heavy atom. The molecule has 0 saturated carbocycles. The SMILES string of the molecule is CC(C)Oc1ccccc1CC(=O)NC(C)(C)C(=O)O. The number of benzene rings is 1. The fraction of sp³-hybridized carbons (Fsp3) is 0.467. The molecule has 1 rings (SSSR count). The molecule has 0 aliphatic carbocycles. The molecule has 5 nitrogen and oxygen atoms in total. The molecule has 0 aliphatic heterocycles. The van der Waals surface area contributed by atoms with Gasteiger partial charge in [-0.15, -0.1) is 0 Å². The first kappa shape index (κ1) is 16.0. The lowest BCUT2D eigenvalue weighted by Crippen LogP contribution is -2.50. The predicted molar refractivity (Wildman–Crippen MR) is 75.8 cm³/mol. The molecule has 0 aromatic heterocycles. The van der Waals surface area contributed by atoms with E-state index < -0.39 is 11.5 Å². The van der Waals surface area contributed by atoms with Gasteiger partial charge in [0.2, 0.25) is 5.91 Å². The summed E-state index contributed by atoms with van der Waals surface area (Å²) in [6.45, 7) is 6.71. The van der Waals surface area contributed by atoms with Gasteiger partial charge in [0, 0.05) is 5.56 Å². The molecule has 1 aromatic rings. The van der Waals surface area contributed by atoms with E-state index in [2.05, 4.69) is 5.32 Å². The van der Waals surface area contributed by atoms with Crippen LogP contribution in [-0.2, 0) is 16.0 Å². The van der Waals surface area contributed by atoms with E-state index in [0.29, 0.717) is 5.75 Å². The van der Waals surface area contributed by atoms with Crippen LogP contribution in [0.25, 0.3) is 0 Å². The molecule has 0 radical (unpaired) electrons. The number of rotatable bonds is 6. The van der Waals surface area contributed by atoms with E-state index in [0.717, 1.165) is 5.56 Å². The van der Waals surface area contributed by atoms with Crippen molar-refractivity contribution in [2.75, 3.05) is 0 Å². The maximum Gasteiger partial charge on any atom is 0.328 e. The van der Waals surface area contributed by atoms with Crippen molar-refractivity contribution in [1.82, 2.24) is 5.32 Å². The van der Waals surface area contributed by atoms with Crippen molar-refractivity contribution in [1.29, 1.82) is 0 Å². The van der Waals surface area contributed by atoms with Gasteiger partial charge in [0.25, 0.3) is 0 Å². The highest BCUT2D eigenvalue weighted by atomic mass is 16.5. The van der Waals surface area contributed by atoms with Crippen molar-refractivity contribution in [2.45, 2.75) is 45.8 Å². The molecule has 0 fully saturated rings. The Labute approximate surface area is 118 Å². The summed E-state index contributed by atoms with van der Waals surface area (Å²) >= 11 is 0. The van der Waals surface area contributed by atoms with Crippen LogP contribution in [0.3, 0.4) is 0 Å². The van der Waals surface area contributed by atoms with Gasteiger partial charge in [-0.3, -0.25) is 4.79 Å². The van der Waals surface area contributed by atoms with Crippen molar-refractivity contribution >= 4 is 11.9 Å². The van der Waals surface area contributed by atoms with E-state index in [-0.39, 0.29) is 18.4 Å². The maximum atomic E-state index is 11.9. The number of aliphatic carboxylic acids is 1. The Kier molecular flexibility index (Phi) is 5.13. The first-order valence-corrected chi connectivity index (χ1v) is 6.51. The normalized spacial score (nSPS) is 11.2. The first-order valence-electron chi connectivity index (χ1n) is 6.51. The van der Waals surface area contributed by atoms with Crippen LogP contribution in [0.2, 0.25) is 0 Å². The summed E-state index contributed by atoms with van der Waals surface area (Å²) in [4.78, 5) is 22.9. The zero-order valence-corrected chi connectivity index (χ0v) is 12.3. The van der Waals surface area contributed by atoms with Gasteiger partial charge in [-0.25, -0.2) is 4.79 Å². The van der Waals surface area contributed by atoms with Gasteiger partial charge >= 0.3 is 5.97 Å². The van der Waals surface area contributed by atoms with E-state index in [9.17, 15) is 9.59 Å². The number of carbonyl (C=O) groups excluding carboxylic acids is 1. The van der Waals surface area contributed by atoms with Crippen LogP contribution < -0.4 is 10.1 Å². The van der Waals surface area contributed by atoms with Crippen LogP contribution in [-0.4, -0.2) is 28.6 Å². The van der Waals surface area contributed by atoms with Gasteiger partial charge in [0.1, 0.15) is 11.3 Å². The van der Waals surface area contributed by atoms with E-state index in [1.165, 1.54) is 13.8 Å². The minimum Gasteiger partial charge on any atom is -0.491 e. The van der Waals surface area contributed by atoms with E-state index in [4.69, 9.17) is 9.84 Å². The van der Waals surface area contributed by atoms with Crippen LogP contribution in [0, 0.1) is 0 Å². The summed E-state index contributed by atoms with van der Waals surface area (Å²) in [5.41, 5.74) is -0.551. The second-order valence-corrected chi connectivity index (χ2v) is 5.43. The van der Waals surface area contributed by atoms with Crippen molar-refractivity contribution in [3.8, 4) is 5.75 Å². The summed E-state index contributed by atoms with van der Waals surface area (Å²) in [7, 11) is 0. The first-order chi connectivity index (χ1) is 9.22. The highest BCUT2D eigenvalue weighted by molar-refractivity contribution is 5.87. The number of ether oxygens (including phenoxy) is 1. The topological polar surface area (TPSA) is 75.6 Å². The second-order valence-electron chi connectivity index (χ2n) is 5.43. The van der Waals surface area contributed by atoms with Gasteiger partial charge in [0.15, 0.2) is 0 Å². The third kappa shape index (κ3) is 4.57. The molecule has 1 aromatic carbocycles. The molecule has 20 heavy (non-hydrogen) atoms. The summed E-state index contributed by atoms with van der Waals surface area (Å²) in [6.07, 6.45) is 0.0919. The zero-order valence-electron chi connectivity index (χ0n) is 12.3. The lowest BCUT2D eigenvalue weighted by Gasteiger charge is -2.21. The van der Waals surface area contributed by atoms with Crippen molar-refractivity contribution in [3.63, 3.8) is 0 Å². The summed E-state index contributed by atoms with van der Waals surface area (Å²) in [6, 6.07) is 7.24. The van der Waals surface area contributed by atoms with Gasteiger partial charge in [0.05, 0.1) is 12.5 Å². The average molecular weight is 279 g/mol. The van der Waals surface area contributed by atoms with Crippen LogP contribution in [0.5, 0.6) is 5.75 Å². The lowest BCUT2D eigenvalue weighted by atomic mass is 10.0. The van der Waals surface area contributed by atoms with Crippen LogP contribution in [0.4, 0.5) is 0 Å². The Morgan fingerprint density at radius 3 is 2.45 bits per heavy atom. The third-order valence-corrected chi connectivity index (χ3v) is 2.67. The predicted octanol–water partition coefficient (Wildman–Crippen LogP) is 2.00. The number of hydrogen-bond donors (Lipinski definition) is 2. The number of carboxylic acids is 1. The standard InChI is InChI=1S/C15H21NO4/c1-10(2)20-12-8-6-5-7-11(12)9-13(17)16-15(3,4)14(18)19/h5-8,10H,9H2,1-4H3,(H,16,17)(H,18,19). The smallest absolute Gasteiger partial charge is 0.328 e. The molecular formula is C15H21NO4. The molecule has 110 valence electrons. The molecule has 0 spiro atoms. The molecule has 0 atom stereocenters. The van der Waals surface area contributed by atoms with E-state index in [1.54, 1.807) is 12.1 Å². The van der Waals surface area contributed by atoms with Crippen molar-refractivity contribution in [2.24, 2.45) is 0 Å². The molecule has 5 heteroatoms. The maximum absolute atomic E-state index is 11.9. The lowest BCUT2D eigenvalue weighted by molar-refractivity contribution is -0.145. The van der Waals surface area contributed by atoms with Crippen LogP contribution >= 0.6 is 0 Å². The monoisotopic (exact) mass is 279 g/mol. The Balaban J connectivity index is 2.78. The van der Waals surface area contributed by atoms with Gasteiger partial charge < -0.3 is 15.2 Å². The minimum atomic E-state index is -1.29. The molecule has 0 unspecified atom stereocenters. The molecule has 2 N–H and O–H groups in total. The van der Waals surface area contributed by atoms with Gasteiger partial charge in [-0.05, 0) is 33.8 Å². The van der Waals surface area contributed by atoms with Crippen molar-refractivity contribution in [3.05, 3.63) is 29.8 Å². The Hall–Kier alpha value is -2.04. The van der Waals surface area contributed by atoms with Gasteiger partial charge in [-0.1, -0.05) is 18.2 Å². The highest BCUT2D eigenvalue weighted by Gasteiger charge is 2.29. The number of hydrogen-bond acceptors (Lipinski definition) is 3. The fourth-order valence-electron chi connectivity index (χ4n) is 1.64. The van der Waals surface area contributed by atoms with Crippen molar-refractivity contribution < 1.29 is 19.4 Å². The molecule has 0 saturated heterocycles. The minimum absolute atomic E-state index is 0.00896. The summed E-state index contributed by atoms with van der Waals surface area (Å²) < 4.78 is 5.63. The zero-order chi connectivity index (χ0) is 15.3. The molecule has 1 amide bonds. The second kappa shape index (κ2) is 6.41. The fourth-order valence-corrected chi connectivity index (χ4v) is 1.64. The Morgan fingerprint density at radius 1 is 1.30 bits per heavy atom. The average Bonchev–Trinajstić information content (AvgIpc) is 2.30. The molecule has 0 bridgehead atoms. The number of para-hydroxylation sites is 1. The largest absolute Gasteiger partial charge is 0.491 e. The van der Waals surface area contributed by atoms with Gasteiger partial charge in [-0.2, -0.15) is 0 Å². The number of carbonyl (C=O) groups is 2. The van der Waals surface area contributed by atoms with E-state index in [1.807, 2.05) is 26.0 Å². The quantitative estimate of drug-likeness (QED) is 0.835. The number of carboxylic acid groups (broad SMARTS) is 1. The molecular weight excluding hydrogens is 258 g/mol. The molecule has 0 aliphatic rings. The van der Waals surface area contributed by atoms with Crippen LogP contribution in [0.15, 0.2) is 24.3 Å². The molecule has 0 heterocycles. The number of nitrogens with one attached hydrogen (secondary N) is 1. The summed E-state index contributed by atoms with van der Waals surface area (Å²) in [5.74, 6) is -0.777. The summed E-state index contributed by atoms with van der Waals surface area (Å²) in [5, 5.41) is 11.5. The number of amides is 1. The van der Waals surface area contributed by atoms with E-state index >= 15 is 0 Å². The highest BCUT2D eigenvalue weighted by Crippen LogP contribution is 2.20. The third-order valence-electron chi connectivity index (χ3n) is 2.67.